The van der Waals surface area contributed by atoms with E-state index in [-0.39, 0.29) is 11.5 Å². The van der Waals surface area contributed by atoms with Gasteiger partial charge in [0.2, 0.25) is 0 Å². The lowest BCUT2D eigenvalue weighted by Gasteiger charge is -2.25. The van der Waals surface area contributed by atoms with Gasteiger partial charge in [0.15, 0.2) is 5.82 Å². The van der Waals surface area contributed by atoms with Crippen molar-refractivity contribution in [2.24, 2.45) is 0 Å². The van der Waals surface area contributed by atoms with Crippen LogP contribution in [-0.4, -0.2) is 28.9 Å². The molecular weight excluding hydrogens is 207 g/mol. The Labute approximate surface area is 93.6 Å². The van der Waals surface area contributed by atoms with Crippen molar-refractivity contribution in [2.45, 2.75) is 13.3 Å². The fourth-order valence-corrected chi connectivity index (χ4v) is 1.67. The van der Waals surface area contributed by atoms with E-state index in [0.29, 0.717) is 13.1 Å². The molecule has 0 saturated carbocycles. The molecule has 0 N–H and O–H groups in total. The first-order chi connectivity index (χ1) is 7.68. The number of amides is 1. The Morgan fingerprint density at radius 2 is 2.38 bits per heavy atom. The standard InChI is InChI=1S/C12H13FN2O/c1-9-3-6-15(7-4-9)12(16)10-2-5-14-8-11(10)13/h2-3,5,8H,4,6-7H2,1H3. The highest BCUT2D eigenvalue weighted by atomic mass is 19.1. The van der Waals surface area contributed by atoms with E-state index < -0.39 is 5.82 Å². The van der Waals surface area contributed by atoms with E-state index in [1.165, 1.54) is 17.8 Å². The zero-order valence-electron chi connectivity index (χ0n) is 9.11. The average Bonchev–Trinajstić information content (AvgIpc) is 2.30. The third-order valence-electron chi connectivity index (χ3n) is 2.73. The van der Waals surface area contributed by atoms with E-state index in [2.05, 4.69) is 4.98 Å². The zero-order valence-corrected chi connectivity index (χ0v) is 9.11. The van der Waals surface area contributed by atoms with Gasteiger partial charge in [-0.25, -0.2) is 4.39 Å². The van der Waals surface area contributed by atoms with Gasteiger partial charge in [0.05, 0.1) is 11.8 Å². The van der Waals surface area contributed by atoms with Crippen LogP contribution in [0.5, 0.6) is 0 Å². The van der Waals surface area contributed by atoms with Gasteiger partial charge in [0, 0.05) is 19.3 Å². The van der Waals surface area contributed by atoms with Gasteiger partial charge in [-0.15, -0.1) is 0 Å². The predicted molar refractivity (Wildman–Crippen MR) is 58.5 cm³/mol. The molecule has 1 aliphatic heterocycles. The molecule has 0 atom stereocenters. The van der Waals surface area contributed by atoms with Crippen LogP contribution in [-0.2, 0) is 0 Å². The normalized spacial score (nSPS) is 15.9. The number of carbonyl (C=O) groups is 1. The van der Waals surface area contributed by atoms with Crippen LogP contribution in [0, 0.1) is 5.82 Å². The van der Waals surface area contributed by atoms with Crippen molar-refractivity contribution >= 4 is 5.91 Å². The molecular formula is C12H13FN2O. The first-order valence-corrected chi connectivity index (χ1v) is 5.23. The van der Waals surface area contributed by atoms with Crippen molar-refractivity contribution in [1.82, 2.24) is 9.88 Å². The highest BCUT2D eigenvalue weighted by molar-refractivity contribution is 5.94. The van der Waals surface area contributed by atoms with E-state index in [1.54, 1.807) is 4.90 Å². The van der Waals surface area contributed by atoms with Crippen molar-refractivity contribution in [3.05, 3.63) is 41.5 Å². The quantitative estimate of drug-likeness (QED) is 0.678. The zero-order chi connectivity index (χ0) is 11.5. The van der Waals surface area contributed by atoms with Crippen molar-refractivity contribution in [3.8, 4) is 0 Å². The number of aromatic nitrogens is 1. The van der Waals surface area contributed by atoms with Crippen LogP contribution in [0.4, 0.5) is 4.39 Å². The first-order valence-electron chi connectivity index (χ1n) is 5.23. The summed E-state index contributed by atoms with van der Waals surface area (Å²) in [6, 6.07) is 1.42. The SMILES string of the molecule is CC1=CCN(C(=O)c2ccncc2F)CC1. The van der Waals surface area contributed by atoms with Gasteiger partial charge in [-0.2, -0.15) is 0 Å². The summed E-state index contributed by atoms with van der Waals surface area (Å²) in [4.78, 5) is 17.2. The molecule has 0 aromatic carbocycles. The summed E-state index contributed by atoms with van der Waals surface area (Å²) >= 11 is 0. The molecule has 4 heteroatoms. The summed E-state index contributed by atoms with van der Waals surface area (Å²) in [5, 5.41) is 0. The van der Waals surface area contributed by atoms with E-state index in [1.807, 2.05) is 13.0 Å². The lowest BCUT2D eigenvalue weighted by atomic mass is 10.1. The van der Waals surface area contributed by atoms with Gasteiger partial charge in [0.1, 0.15) is 0 Å². The second-order valence-corrected chi connectivity index (χ2v) is 3.91. The summed E-state index contributed by atoms with van der Waals surface area (Å²) in [5.41, 5.74) is 1.38. The second-order valence-electron chi connectivity index (χ2n) is 3.91. The average molecular weight is 220 g/mol. The maximum absolute atomic E-state index is 13.3. The molecule has 0 aliphatic carbocycles. The maximum atomic E-state index is 13.3. The highest BCUT2D eigenvalue weighted by Gasteiger charge is 2.20. The largest absolute Gasteiger partial charge is 0.335 e. The van der Waals surface area contributed by atoms with Gasteiger partial charge in [-0.1, -0.05) is 11.6 Å². The van der Waals surface area contributed by atoms with Crippen molar-refractivity contribution in [3.63, 3.8) is 0 Å². The molecule has 0 spiro atoms. The monoisotopic (exact) mass is 220 g/mol. The molecule has 1 aromatic rings. The third-order valence-corrected chi connectivity index (χ3v) is 2.73. The topological polar surface area (TPSA) is 33.2 Å². The van der Waals surface area contributed by atoms with Crippen molar-refractivity contribution in [2.75, 3.05) is 13.1 Å². The molecule has 16 heavy (non-hydrogen) atoms. The second kappa shape index (κ2) is 4.43. The Hall–Kier alpha value is -1.71. The maximum Gasteiger partial charge on any atom is 0.257 e. The van der Waals surface area contributed by atoms with Crippen molar-refractivity contribution in [1.29, 1.82) is 0 Å². The van der Waals surface area contributed by atoms with Crippen LogP contribution in [0.2, 0.25) is 0 Å². The number of nitrogens with zero attached hydrogens (tertiary/aromatic N) is 2. The number of hydrogen-bond acceptors (Lipinski definition) is 2. The smallest absolute Gasteiger partial charge is 0.257 e. The molecule has 2 heterocycles. The lowest BCUT2D eigenvalue weighted by molar-refractivity contribution is 0.0764. The number of carbonyl (C=O) groups excluding carboxylic acids is 1. The van der Waals surface area contributed by atoms with Crippen LogP contribution >= 0.6 is 0 Å². The van der Waals surface area contributed by atoms with E-state index >= 15 is 0 Å². The molecule has 0 bridgehead atoms. The lowest BCUT2D eigenvalue weighted by Crippen LogP contribution is -2.35. The molecule has 1 aliphatic rings. The van der Waals surface area contributed by atoms with Crippen LogP contribution < -0.4 is 0 Å². The predicted octanol–water partition coefficient (Wildman–Crippen LogP) is 2.01. The fourth-order valence-electron chi connectivity index (χ4n) is 1.67. The number of halogens is 1. The molecule has 1 aromatic heterocycles. The minimum absolute atomic E-state index is 0.1000. The Morgan fingerprint density at radius 3 is 3.00 bits per heavy atom. The van der Waals surface area contributed by atoms with Crippen LogP contribution in [0.3, 0.4) is 0 Å². The van der Waals surface area contributed by atoms with Crippen LogP contribution in [0.1, 0.15) is 23.7 Å². The van der Waals surface area contributed by atoms with Crippen molar-refractivity contribution < 1.29 is 9.18 Å². The highest BCUT2D eigenvalue weighted by Crippen LogP contribution is 2.14. The number of hydrogen-bond donors (Lipinski definition) is 0. The Balaban J connectivity index is 2.18. The molecule has 0 radical (unpaired) electrons. The van der Waals surface area contributed by atoms with E-state index in [4.69, 9.17) is 0 Å². The summed E-state index contributed by atoms with van der Waals surface area (Å²) < 4.78 is 13.3. The van der Waals surface area contributed by atoms with Crippen LogP contribution in [0.25, 0.3) is 0 Å². The van der Waals surface area contributed by atoms with Gasteiger partial charge < -0.3 is 4.90 Å². The van der Waals surface area contributed by atoms with Crippen LogP contribution in [0.15, 0.2) is 30.1 Å². The first kappa shape index (κ1) is 10.8. The summed E-state index contributed by atoms with van der Waals surface area (Å²) in [6.45, 7) is 3.25. The molecule has 0 saturated heterocycles. The summed E-state index contributed by atoms with van der Waals surface area (Å²) in [5.74, 6) is -0.817. The summed E-state index contributed by atoms with van der Waals surface area (Å²) in [7, 11) is 0. The minimum Gasteiger partial charge on any atom is -0.335 e. The Morgan fingerprint density at radius 1 is 1.56 bits per heavy atom. The molecule has 3 nitrogen and oxygen atoms in total. The Kier molecular flexibility index (Phi) is 2.99. The van der Waals surface area contributed by atoms with Gasteiger partial charge in [0.25, 0.3) is 5.91 Å². The number of pyridine rings is 1. The molecule has 1 amide bonds. The van der Waals surface area contributed by atoms with Gasteiger partial charge in [-0.05, 0) is 19.4 Å². The van der Waals surface area contributed by atoms with Gasteiger partial charge in [-0.3, -0.25) is 9.78 Å². The van der Waals surface area contributed by atoms with Gasteiger partial charge >= 0.3 is 0 Å². The fraction of sp³-hybridized carbons (Fsp3) is 0.333. The summed E-state index contributed by atoms with van der Waals surface area (Å²) in [6.07, 6.45) is 5.36. The third kappa shape index (κ3) is 2.10. The molecule has 0 unspecified atom stereocenters. The molecule has 2 rings (SSSR count). The van der Waals surface area contributed by atoms with E-state index in [9.17, 15) is 9.18 Å². The Bertz CT molecular complexity index is 442. The molecule has 0 fully saturated rings. The number of rotatable bonds is 1. The van der Waals surface area contributed by atoms with E-state index in [0.717, 1.165) is 12.6 Å². The molecule has 84 valence electrons. The minimum atomic E-state index is -0.557.